The molecule has 0 aliphatic rings. The lowest BCUT2D eigenvalue weighted by atomic mass is 10.0. The summed E-state index contributed by atoms with van der Waals surface area (Å²) in [6, 6.07) is 7.38. The quantitative estimate of drug-likeness (QED) is 0.901. The molecule has 0 aliphatic heterocycles. The summed E-state index contributed by atoms with van der Waals surface area (Å²) in [7, 11) is 0. The Morgan fingerprint density at radius 1 is 1.21 bits per heavy atom. The van der Waals surface area contributed by atoms with Gasteiger partial charge in [0.05, 0.1) is 0 Å². The first-order chi connectivity index (χ1) is 8.99. The van der Waals surface area contributed by atoms with Crippen LogP contribution in [0.15, 0.2) is 24.3 Å². The van der Waals surface area contributed by atoms with E-state index in [9.17, 15) is 4.79 Å². The average Bonchev–Trinajstić information content (AvgIpc) is 2.87. The molecule has 0 radical (unpaired) electrons. The Morgan fingerprint density at radius 3 is 2.37 bits per heavy atom. The van der Waals surface area contributed by atoms with Gasteiger partial charge in [0.25, 0.3) is 0 Å². The predicted octanol–water partition coefficient (Wildman–Crippen LogP) is 1.51. The van der Waals surface area contributed by atoms with E-state index in [0.717, 1.165) is 5.56 Å². The van der Waals surface area contributed by atoms with Crippen LogP contribution in [0.1, 0.15) is 38.3 Å². The highest BCUT2D eigenvalue weighted by atomic mass is 16.1. The van der Waals surface area contributed by atoms with Crippen molar-refractivity contribution >= 4 is 5.91 Å². The van der Waals surface area contributed by atoms with Crippen LogP contribution in [-0.2, 0) is 4.79 Å². The molecule has 1 atom stereocenters. The van der Waals surface area contributed by atoms with E-state index < -0.39 is 11.9 Å². The Hall–Kier alpha value is -2.24. The number of carbonyl (C=O) groups is 1. The number of nitrogens with two attached hydrogens (primary N) is 1. The Morgan fingerprint density at radius 2 is 1.84 bits per heavy atom. The summed E-state index contributed by atoms with van der Waals surface area (Å²) in [5, 5.41) is 12.0. The van der Waals surface area contributed by atoms with Crippen molar-refractivity contribution in [2.45, 2.75) is 32.7 Å². The smallest absolute Gasteiger partial charge is 0.243 e. The molecule has 19 heavy (non-hydrogen) atoms. The molecule has 1 unspecified atom stereocenters. The zero-order chi connectivity index (χ0) is 14.0. The maximum atomic E-state index is 11.1. The monoisotopic (exact) mass is 259 g/mol. The van der Waals surface area contributed by atoms with Gasteiger partial charge in [0, 0.05) is 5.56 Å². The minimum absolute atomic E-state index is 0.479. The van der Waals surface area contributed by atoms with Crippen LogP contribution >= 0.6 is 0 Å². The van der Waals surface area contributed by atoms with Crippen LogP contribution in [0.25, 0.3) is 11.4 Å². The number of nitrogens with zero attached hydrogens (tertiary/aromatic N) is 4. The zero-order valence-electron chi connectivity index (χ0n) is 11.2. The number of hydrogen-bond donors (Lipinski definition) is 1. The number of aromatic nitrogens is 4. The van der Waals surface area contributed by atoms with Gasteiger partial charge in [0.2, 0.25) is 11.7 Å². The highest BCUT2D eigenvalue weighted by Crippen LogP contribution is 2.19. The van der Waals surface area contributed by atoms with E-state index in [4.69, 9.17) is 5.73 Å². The van der Waals surface area contributed by atoms with E-state index in [0.29, 0.717) is 11.7 Å². The average molecular weight is 259 g/mol. The Labute approximate surface area is 111 Å². The molecule has 0 fully saturated rings. The van der Waals surface area contributed by atoms with E-state index in [1.54, 1.807) is 6.92 Å². The summed E-state index contributed by atoms with van der Waals surface area (Å²) in [5.41, 5.74) is 7.32. The Kier molecular flexibility index (Phi) is 3.59. The molecule has 0 bridgehead atoms. The highest BCUT2D eigenvalue weighted by Gasteiger charge is 2.15. The molecule has 1 heterocycles. The number of benzene rings is 1. The number of amides is 1. The van der Waals surface area contributed by atoms with E-state index in [-0.39, 0.29) is 0 Å². The third-order valence-electron chi connectivity index (χ3n) is 3.02. The number of carbonyl (C=O) groups excluding carboxylic acids is 1. The standard InChI is InChI=1S/C13H17N5O/c1-8(2)10-4-6-11(7-5-10)13-15-17-18(16-13)9(3)12(14)19/h4-9H,1-3H3,(H2,14,19). The zero-order valence-corrected chi connectivity index (χ0v) is 11.2. The molecule has 6 nitrogen and oxygen atoms in total. The summed E-state index contributed by atoms with van der Waals surface area (Å²) in [5.74, 6) is 0.482. The van der Waals surface area contributed by atoms with Crippen LogP contribution in [0.2, 0.25) is 0 Å². The normalized spacial score (nSPS) is 12.6. The van der Waals surface area contributed by atoms with Gasteiger partial charge in [-0.05, 0) is 23.6 Å². The van der Waals surface area contributed by atoms with Crippen molar-refractivity contribution in [3.05, 3.63) is 29.8 Å². The molecule has 0 spiro atoms. The van der Waals surface area contributed by atoms with Crippen molar-refractivity contribution in [2.24, 2.45) is 5.73 Å². The first-order valence-corrected chi connectivity index (χ1v) is 6.18. The molecule has 0 saturated carbocycles. The highest BCUT2D eigenvalue weighted by molar-refractivity contribution is 5.77. The van der Waals surface area contributed by atoms with Gasteiger partial charge in [-0.2, -0.15) is 4.80 Å². The van der Waals surface area contributed by atoms with Gasteiger partial charge in [0.15, 0.2) is 0 Å². The molecule has 1 aromatic carbocycles. The summed E-state index contributed by atoms with van der Waals surface area (Å²) >= 11 is 0. The van der Waals surface area contributed by atoms with E-state index in [2.05, 4.69) is 29.3 Å². The number of primary amides is 1. The fourth-order valence-electron chi connectivity index (χ4n) is 1.64. The molecular weight excluding hydrogens is 242 g/mol. The molecule has 0 saturated heterocycles. The van der Waals surface area contributed by atoms with Crippen LogP contribution in [0, 0.1) is 0 Å². The maximum Gasteiger partial charge on any atom is 0.243 e. The van der Waals surface area contributed by atoms with E-state index in [1.165, 1.54) is 10.4 Å². The van der Waals surface area contributed by atoms with E-state index in [1.807, 2.05) is 24.3 Å². The first kappa shape index (κ1) is 13.2. The minimum Gasteiger partial charge on any atom is -0.368 e. The van der Waals surface area contributed by atoms with Gasteiger partial charge >= 0.3 is 0 Å². The van der Waals surface area contributed by atoms with Crippen molar-refractivity contribution in [1.82, 2.24) is 20.2 Å². The molecular formula is C13H17N5O. The third-order valence-corrected chi connectivity index (χ3v) is 3.02. The summed E-state index contributed by atoms with van der Waals surface area (Å²) in [6.07, 6.45) is 0. The van der Waals surface area contributed by atoms with Crippen LogP contribution in [0.3, 0.4) is 0 Å². The lowest BCUT2D eigenvalue weighted by Gasteiger charge is -2.05. The van der Waals surface area contributed by atoms with Crippen molar-refractivity contribution in [2.75, 3.05) is 0 Å². The molecule has 2 N–H and O–H groups in total. The summed E-state index contributed by atoms with van der Waals surface area (Å²) in [4.78, 5) is 12.3. The minimum atomic E-state index is -0.601. The maximum absolute atomic E-state index is 11.1. The largest absolute Gasteiger partial charge is 0.368 e. The lowest BCUT2D eigenvalue weighted by Crippen LogP contribution is -2.25. The van der Waals surface area contributed by atoms with Gasteiger partial charge < -0.3 is 5.73 Å². The second-order valence-electron chi connectivity index (χ2n) is 4.79. The van der Waals surface area contributed by atoms with Gasteiger partial charge in [-0.25, -0.2) is 0 Å². The predicted molar refractivity (Wildman–Crippen MR) is 71.2 cm³/mol. The number of rotatable bonds is 4. The SMILES string of the molecule is CC(C)c1ccc(-c2nnn(C(C)C(N)=O)n2)cc1. The van der Waals surface area contributed by atoms with Crippen molar-refractivity contribution in [1.29, 1.82) is 0 Å². The molecule has 0 aliphatic carbocycles. The van der Waals surface area contributed by atoms with Crippen molar-refractivity contribution in [3.8, 4) is 11.4 Å². The van der Waals surface area contributed by atoms with Gasteiger partial charge in [-0.1, -0.05) is 38.1 Å². The van der Waals surface area contributed by atoms with Crippen LogP contribution in [0.5, 0.6) is 0 Å². The second kappa shape index (κ2) is 5.17. The Balaban J connectivity index is 2.25. The fourth-order valence-corrected chi connectivity index (χ4v) is 1.64. The Bertz CT molecular complexity index is 573. The molecule has 100 valence electrons. The summed E-state index contributed by atoms with van der Waals surface area (Å²) < 4.78 is 0. The molecule has 1 amide bonds. The van der Waals surface area contributed by atoms with Crippen LogP contribution < -0.4 is 5.73 Å². The van der Waals surface area contributed by atoms with Crippen LogP contribution in [0.4, 0.5) is 0 Å². The topological polar surface area (TPSA) is 86.7 Å². The van der Waals surface area contributed by atoms with Crippen molar-refractivity contribution < 1.29 is 4.79 Å². The van der Waals surface area contributed by atoms with Gasteiger partial charge in [-0.3, -0.25) is 4.79 Å². The molecule has 2 rings (SSSR count). The fraction of sp³-hybridized carbons (Fsp3) is 0.385. The molecule has 6 heteroatoms. The number of tetrazole rings is 1. The van der Waals surface area contributed by atoms with Gasteiger partial charge in [0.1, 0.15) is 6.04 Å². The van der Waals surface area contributed by atoms with Gasteiger partial charge in [-0.15, -0.1) is 10.2 Å². The first-order valence-electron chi connectivity index (χ1n) is 6.18. The number of hydrogen-bond acceptors (Lipinski definition) is 4. The van der Waals surface area contributed by atoms with Crippen LogP contribution in [-0.4, -0.2) is 26.1 Å². The third kappa shape index (κ3) is 2.78. The summed E-state index contributed by atoms with van der Waals surface area (Å²) in [6.45, 7) is 5.91. The molecule has 1 aromatic heterocycles. The molecule has 2 aromatic rings. The van der Waals surface area contributed by atoms with E-state index >= 15 is 0 Å². The second-order valence-corrected chi connectivity index (χ2v) is 4.79. The van der Waals surface area contributed by atoms with Crippen molar-refractivity contribution in [3.63, 3.8) is 0 Å². The lowest BCUT2D eigenvalue weighted by molar-refractivity contribution is -0.121.